The van der Waals surface area contributed by atoms with E-state index in [1.54, 1.807) is 29.3 Å². The Labute approximate surface area is 155 Å². The van der Waals surface area contributed by atoms with Crippen LogP contribution < -0.4 is 14.8 Å². The minimum atomic E-state index is -0.172. The van der Waals surface area contributed by atoms with Crippen LogP contribution in [-0.4, -0.2) is 39.0 Å². The van der Waals surface area contributed by atoms with E-state index in [2.05, 4.69) is 20.4 Å². The molecule has 1 amide bonds. The first-order chi connectivity index (χ1) is 13.3. The Kier molecular flexibility index (Phi) is 4.78. The maximum absolute atomic E-state index is 12.0. The minimum Gasteiger partial charge on any atom is -0.454 e. The lowest BCUT2D eigenvalue weighted by atomic mass is 10.2. The molecule has 0 unspecified atom stereocenters. The van der Waals surface area contributed by atoms with Crippen molar-refractivity contribution >= 4 is 12.0 Å². The smallest absolute Gasteiger partial charge is 0.244 e. The van der Waals surface area contributed by atoms with Gasteiger partial charge in [0.25, 0.3) is 0 Å². The molecule has 0 saturated carbocycles. The van der Waals surface area contributed by atoms with Crippen LogP contribution in [0.4, 0.5) is 0 Å². The van der Waals surface area contributed by atoms with Crippen LogP contribution >= 0.6 is 0 Å². The molecule has 4 rings (SSSR count). The second-order valence-electron chi connectivity index (χ2n) is 5.79. The van der Waals surface area contributed by atoms with Gasteiger partial charge in [-0.2, -0.15) is 5.10 Å². The van der Waals surface area contributed by atoms with Crippen LogP contribution in [0.5, 0.6) is 11.5 Å². The summed E-state index contributed by atoms with van der Waals surface area (Å²) in [5.41, 5.74) is 2.33. The standard InChI is InChI=1S/C19H17N5O3/c25-19(4-2-14-1-3-17-18(11-14)27-13-26-17)22-8-10-24-9-5-15(23-24)16-12-20-6-7-21-16/h1-7,9,11-12H,8,10,13H2,(H,22,25)/b4-2+. The van der Waals surface area contributed by atoms with Gasteiger partial charge in [-0.05, 0) is 29.8 Å². The van der Waals surface area contributed by atoms with Crippen LogP contribution in [-0.2, 0) is 11.3 Å². The second kappa shape index (κ2) is 7.69. The number of carbonyl (C=O) groups excluding carboxylic acids is 1. The Bertz CT molecular complexity index is 968. The van der Waals surface area contributed by atoms with Gasteiger partial charge in [0.15, 0.2) is 11.5 Å². The van der Waals surface area contributed by atoms with E-state index in [0.29, 0.717) is 24.5 Å². The van der Waals surface area contributed by atoms with Gasteiger partial charge in [-0.3, -0.25) is 19.4 Å². The van der Waals surface area contributed by atoms with Crippen LogP contribution in [0.2, 0.25) is 0 Å². The Hall–Kier alpha value is -3.68. The molecule has 1 aliphatic heterocycles. The van der Waals surface area contributed by atoms with Gasteiger partial charge in [0, 0.05) is 31.2 Å². The molecule has 0 radical (unpaired) electrons. The van der Waals surface area contributed by atoms with Crippen molar-refractivity contribution in [1.82, 2.24) is 25.1 Å². The van der Waals surface area contributed by atoms with Crippen molar-refractivity contribution in [2.45, 2.75) is 6.54 Å². The summed E-state index contributed by atoms with van der Waals surface area (Å²) >= 11 is 0. The van der Waals surface area contributed by atoms with Crippen molar-refractivity contribution in [2.75, 3.05) is 13.3 Å². The van der Waals surface area contributed by atoms with Crippen molar-refractivity contribution in [3.8, 4) is 22.9 Å². The quantitative estimate of drug-likeness (QED) is 0.673. The predicted molar refractivity (Wildman–Crippen MR) is 97.9 cm³/mol. The predicted octanol–water partition coefficient (Wildman–Crippen LogP) is 1.90. The van der Waals surface area contributed by atoms with E-state index in [1.165, 1.54) is 6.08 Å². The lowest BCUT2D eigenvalue weighted by molar-refractivity contribution is -0.116. The van der Waals surface area contributed by atoms with Gasteiger partial charge >= 0.3 is 0 Å². The molecule has 8 nitrogen and oxygen atoms in total. The number of nitrogens with zero attached hydrogens (tertiary/aromatic N) is 4. The third-order valence-corrected chi connectivity index (χ3v) is 3.93. The first-order valence-corrected chi connectivity index (χ1v) is 8.43. The number of rotatable bonds is 6. The molecule has 136 valence electrons. The van der Waals surface area contributed by atoms with E-state index >= 15 is 0 Å². The van der Waals surface area contributed by atoms with Crippen molar-refractivity contribution in [1.29, 1.82) is 0 Å². The molecule has 1 N–H and O–H groups in total. The highest BCUT2D eigenvalue weighted by Gasteiger charge is 2.12. The molecule has 0 spiro atoms. The molecular formula is C19H17N5O3. The molecule has 0 fully saturated rings. The Morgan fingerprint density at radius 2 is 2.11 bits per heavy atom. The van der Waals surface area contributed by atoms with Crippen LogP contribution in [0.3, 0.4) is 0 Å². The molecule has 0 atom stereocenters. The zero-order chi connectivity index (χ0) is 18.5. The third-order valence-electron chi connectivity index (χ3n) is 3.93. The molecular weight excluding hydrogens is 346 g/mol. The number of hydrogen-bond acceptors (Lipinski definition) is 6. The van der Waals surface area contributed by atoms with Gasteiger partial charge in [-0.25, -0.2) is 0 Å². The molecule has 3 aromatic rings. The lowest BCUT2D eigenvalue weighted by Crippen LogP contribution is -2.25. The maximum atomic E-state index is 12.0. The molecule has 8 heteroatoms. The summed E-state index contributed by atoms with van der Waals surface area (Å²) < 4.78 is 12.3. The summed E-state index contributed by atoms with van der Waals surface area (Å²) in [6.45, 7) is 1.25. The number of ether oxygens (including phenoxy) is 2. The lowest BCUT2D eigenvalue weighted by Gasteiger charge is -2.03. The van der Waals surface area contributed by atoms with Gasteiger partial charge in [0.05, 0.1) is 12.7 Å². The van der Waals surface area contributed by atoms with Crippen LogP contribution in [0.15, 0.2) is 55.1 Å². The SMILES string of the molecule is O=C(/C=C/c1ccc2c(c1)OCO2)NCCn1ccc(-c2cnccn2)n1. The summed E-state index contributed by atoms with van der Waals surface area (Å²) in [5.74, 6) is 1.24. The average molecular weight is 363 g/mol. The maximum Gasteiger partial charge on any atom is 0.244 e. The monoisotopic (exact) mass is 363 g/mol. The zero-order valence-corrected chi connectivity index (χ0v) is 14.4. The first kappa shape index (κ1) is 16.8. The number of fused-ring (bicyclic) bond motifs is 1. The van der Waals surface area contributed by atoms with Crippen LogP contribution in [0, 0.1) is 0 Å². The number of carbonyl (C=O) groups is 1. The number of hydrogen-bond donors (Lipinski definition) is 1. The summed E-state index contributed by atoms with van der Waals surface area (Å²) in [4.78, 5) is 20.2. The zero-order valence-electron chi connectivity index (χ0n) is 14.4. The van der Waals surface area contributed by atoms with E-state index in [-0.39, 0.29) is 12.7 Å². The molecule has 27 heavy (non-hydrogen) atoms. The summed E-state index contributed by atoms with van der Waals surface area (Å²) in [6.07, 6.45) is 9.98. The Morgan fingerprint density at radius 3 is 3.00 bits per heavy atom. The highest BCUT2D eigenvalue weighted by Crippen LogP contribution is 2.32. The van der Waals surface area contributed by atoms with Gasteiger partial charge < -0.3 is 14.8 Å². The number of nitrogens with one attached hydrogen (secondary N) is 1. The summed E-state index contributed by atoms with van der Waals surface area (Å²) in [5, 5.41) is 7.26. The van der Waals surface area contributed by atoms with Gasteiger partial charge in [0.1, 0.15) is 11.4 Å². The Morgan fingerprint density at radius 1 is 1.19 bits per heavy atom. The number of amides is 1. The van der Waals surface area contributed by atoms with Gasteiger partial charge in [-0.1, -0.05) is 6.07 Å². The van der Waals surface area contributed by atoms with E-state index < -0.39 is 0 Å². The second-order valence-corrected chi connectivity index (χ2v) is 5.79. The van der Waals surface area contributed by atoms with Gasteiger partial charge in [0.2, 0.25) is 12.7 Å². The fourth-order valence-electron chi connectivity index (χ4n) is 2.60. The normalized spacial score (nSPS) is 12.4. The summed E-state index contributed by atoms with van der Waals surface area (Å²) in [7, 11) is 0. The molecule has 1 aromatic carbocycles. The highest BCUT2D eigenvalue weighted by atomic mass is 16.7. The number of aromatic nitrogens is 4. The fraction of sp³-hybridized carbons (Fsp3) is 0.158. The third kappa shape index (κ3) is 4.12. The van der Waals surface area contributed by atoms with Crippen LogP contribution in [0.25, 0.3) is 17.5 Å². The Balaban J connectivity index is 1.27. The average Bonchev–Trinajstić information content (AvgIpc) is 3.36. The van der Waals surface area contributed by atoms with E-state index in [1.807, 2.05) is 30.5 Å². The van der Waals surface area contributed by atoms with E-state index in [0.717, 1.165) is 17.0 Å². The van der Waals surface area contributed by atoms with Crippen molar-refractivity contribution in [3.63, 3.8) is 0 Å². The van der Waals surface area contributed by atoms with E-state index in [9.17, 15) is 4.79 Å². The number of benzene rings is 1. The fourth-order valence-corrected chi connectivity index (χ4v) is 2.60. The minimum absolute atomic E-state index is 0.172. The molecule has 2 aromatic heterocycles. The van der Waals surface area contributed by atoms with Crippen molar-refractivity contribution in [3.05, 3.63) is 60.7 Å². The largest absolute Gasteiger partial charge is 0.454 e. The topological polar surface area (TPSA) is 91.2 Å². The van der Waals surface area contributed by atoms with E-state index in [4.69, 9.17) is 9.47 Å². The molecule has 3 heterocycles. The molecule has 0 bridgehead atoms. The van der Waals surface area contributed by atoms with Gasteiger partial charge in [-0.15, -0.1) is 0 Å². The first-order valence-electron chi connectivity index (χ1n) is 8.43. The molecule has 1 aliphatic rings. The highest BCUT2D eigenvalue weighted by molar-refractivity contribution is 5.91. The van der Waals surface area contributed by atoms with Crippen LogP contribution in [0.1, 0.15) is 5.56 Å². The van der Waals surface area contributed by atoms with Crippen molar-refractivity contribution < 1.29 is 14.3 Å². The van der Waals surface area contributed by atoms with Crippen molar-refractivity contribution in [2.24, 2.45) is 0 Å². The summed E-state index contributed by atoms with van der Waals surface area (Å²) in [6, 6.07) is 7.40. The molecule has 0 saturated heterocycles. The molecule has 0 aliphatic carbocycles.